The highest BCUT2D eigenvalue weighted by atomic mass is 16.6. The fourth-order valence-corrected chi connectivity index (χ4v) is 3.24. The van der Waals surface area contributed by atoms with Gasteiger partial charge in [-0.05, 0) is 60.7 Å². The van der Waals surface area contributed by atoms with Gasteiger partial charge in [0.25, 0.3) is 5.79 Å². The SMILES string of the molecule is COc1ccc(C(=O)/C=C2\Nc3ccccc3OC2(O)c2ccc(OC)cc2)cc1. The van der Waals surface area contributed by atoms with E-state index in [1.54, 1.807) is 68.8 Å². The highest BCUT2D eigenvalue weighted by molar-refractivity contribution is 6.05. The van der Waals surface area contributed by atoms with E-state index < -0.39 is 5.79 Å². The van der Waals surface area contributed by atoms with Crippen LogP contribution in [0.3, 0.4) is 0 Å². The number of nitrogens with one attached hydrogen (secondary N) is 1. The maximum atomic E-state index is 12.9. The molecule has 6 heteroatoms. The molecule has 0 aromatic heterocycles. The Morgan fingerprint density at radius 3 is 2.17 bits per heavy atom. The average molecular weight is 403 g/mol. The van der Waals surface area contributed by atoms with Crippen molar-refractivity contribution in [1.82, 2.24) is 0 Å². The number of benzene rings is 3. The first kappa shape index (κ1) is 19.5. The second-order valence-electron chi connectivity index (χ2n) is 6.75. The fourth-order valence-electron chi connectivity index (χ4n) is 3.24. The van der Waals surface area contributed by atoms with Gasteiger partial charge in [-0.1, -0.05) is 12.1 Å². The molecule has 3 aromatic carbocycles. The van der Waals surface area contributed by atoms with Crippen LogP contribution in [0.5, 0.6) is 17.2 Å². The van der Waals surface area contributed by atoms with E-state index >= 15 is 0 Å². The van der Waals surface area contributed by atoms with Crippen LogP contribution in [0.25, 0.3) is 0 Å². The molecule has 2 N–H and O–H groups in total. The van der Waals surface area contributed by atoms with Crippen molar-refractivity contribution in [2.75, 3.05) is 19.5 Å². The van der Waals surface area contributed by atoms with Crippen LogP contribution >= 0.6 is 0 Å². The molecule has 6 nitrogen and oxygen atoms in total. The van der Waals surface area contributed by atoms with Crippen molar-refractivity contribution in [3.8, 4) is 17.2 Å². The van der Waals surface area contributed by atoms with E-state index in [0.717, 1.165) is 0 Å². The first-order valence-corrected chi connectivity index (χ1v) is 9.36. The summed E-state index contributed by atoms with van der Waals surface area (Å²) >= 11 is 0. The standard InChI is InChI=1S/C24H21NO5/c1-28-18-11-7-16(8-12-18)21(26)15-23-24(27,17-9-13-19(29-2)14-10-17)30-22-6-4-3-5-20(22)25-23/h3-15,25,27H,1-2H3/b23-15-. The Balaban J connectivity index is 1.76. The highest BCUT2D eigenvalue weighted by Crippen LogP contribution is 2.42. The third kappa shape index (κ3) is 3.60. The first-order valence-electron chi connectivity index (χ1n) is 9.36. The summed E-state index contributed by atoms with van der Waals surface area (Å²) in [5, 5.41) is 14.7. The molecule has 0 bridgehead atoms. The van der Waals surface area contributed by atoms with Crippen LogP contribution in [-0.2, 0) is 5.79 Å². The Morgan fingerprint density at radius 2 is 1.53 bits per heavy atom. The van der Waals surface area contributed by atoms with Gasteiger partial charge >= 0.3 is 0 Å². The molecule has 3 aromatic rings. The summed E-state index contributed by atoms with van der Waals surface area (Å²) in [5.74, 6) is -0.378. The summed E-state index contributed by atoms with van der Waals surface area (Å²) in [5.41, 5.74) is 1.79. The number of rotatable bonds is 5. The van der Waals surface area contributed by atoms with Gasteiger partial charge in [0.15, 0.2) is 5.78 Å². The molecule has 0 spiro atoms. The van der Waals surface area contributed by atoms with Crippen molar-refractivity contribution in [3.05, 3.63) is 95.7 Å². The van der Waals surface area contributed by atoms with Crippen molar-refractivity contribution in [2.24, 2.45) is 0 Å². The van der Waals surface area contributed by atoms with E-state index in [4.69, 9.17) is 14.2 Å². The molecule has 0 amide bonds. The Labute approximate surface area is 174 Å². The molecule has 0 saturated carbocycles. The highest BCUT2D eigenvalue weighted by Gasteiger charge is 2.41. The molecule has 0 aliphatic carbocycles. The van der Waals surface area contributed by atoms with Gasteiger partial charge in [-0.2, -0.15) is 0 Å². The number of methoxy groups -OCH3 is 2. The van der Waals surface area contributed by atoms with E-state index in [2.05, 4.69) is 5.32 Å². The predicted molar refractivity (Wildman–Crippen MR) is 113 cm³/mol. The third-order valence-electron chi connectivity index (χ3n) is 4.91. The van der Waals surface area contributed by atoms with Crippen LogP contribution in [0.4, 0.5) is 5.69 Å². The van der Waals surface area contributed by atoms with Crippen molar-refractivity contribution in [3.63, 3.8) is 0 Å². The van der Waals surface area contributed by atoms with E-state index in [-0.39, 0.29) is 11.5 Å². The van der Waals surface area contributed by atoms with Crippen LogP contribution in [-0.4, -0.2) is 25.1 Å². The zero-order valence-corrected chi connectivity index (χ0v) is 16.6. The molecular weight excluding hydrogens is 382 g/mol. The fraction of sp³-hybridized carbons (Fsp3) is 0.125. The molecule has 1 heterocycles. The smallest absolute Gasteiger partial charge is 0.277 e. The van der Waals surface area contributed by atoms with Gasteiger partial charge in [0.05, 0.1) is 25.6 Å². The minimum absolute atomic E-state index is 0.215. The largest absolute Gasteiger partial charge is 0.497 e. The molecular formula is C24H21NO5. The number of carbonyl (C=O) groups is 1. The molecule has 4 rings (SSSR count). The van der Waals surface area contributed by atoms with Crippen molar-refractivity contribution in [2.45, 2.75) is 5.79 Å². The summed E-state index contributed by atoms with van der Waals surface area (Å²) in [6.07, 6.45) is 1.35. The number of para-hydroxylation sites is 2. The van der Waals surface area contributed by atoms with E-state index in [1.807, 2.05) is 18.2 Å². The molecule has 30 heavy (non-hydrogen) atoms. The third-order valence-corrected chi connectivity index (χ3v) is 4.91. The summed E-state index contributed by atoms with van der Waals surface area (Å²) < 4.78 is 16.3. The number of anilines is 1. The van der Waals surface area contributed by atoms with E-state index in [1.165, 1.54) is 6.08 Å². The van der Waals surface area contributed by atoms with Gasteiger partial charge in [0, 0.05) is 17.2 Å². The molecule has 0 saturated heterocycles. The zero-order chi connectivity index (χ0) is 21.1. The second kappa shape index (κ2) is 7.93. The van der Waals surface area contributed by atoms with Gasteiger partial charge < -0.3 is 24.6 Å². The Bertz CT molecular complexity index is 1090. The maximum Gasteiger partial charge on any atom is 0.277 e. The average Bonchev–Trinajstić information content (AvgIpc) is 2.79. The van der Waals surface area contributed by atoms with Crippen LogP contribution in [0.2, 0.25) is 0 Å². The lowest BCUT2D eigenvalue weighted by Crippen LogP contribution is -2.41. The van der Waals surface area contributed by atoms with E-state index in [9.17, 15) is 9.90 Å². The number of aliphatic hydroxyl groups is 1. The molecule has 152 valence electrons. The lowest BCUT2D eigenvalue weighted by atomic mass is 9.97. The second-order valence-corrected chi connectivity index (χ2v) is 6.75. The lowest BCUT2D eigenvalue weighted by Gasteiger charge is -2.37. The lowest BCUT2D eigenvalue weighted by molar-refractivity contribution is -0.114. The summed E-state index contributed by atoms with van der Waals surface area (Å²) in [4.78, 5) is 12.9. The van der Waals surface area contributed by atoms with Crippen LogP contribution in [0.1, 0.15) is 15.9 Å². The van der Waals surface area contributed by atoms with Gasteiger partial charge in [-0.25, -0.2) is 0 Å². The van der Waals surface area contributed by atoms with Crippen LogP contribution in [0.15, 0.2) is 84.6 Å². The number of hydrogen-bond acceptors (Lipinski definition) is 6. The van der Waals surface area contributed by atoms with Crippen molar-refractivity contribution >= 4 is 11.5 Å². The quantitative estimate of drug-likeness (QED) is 0.493. The summed E-state index contributed by atoms with van der Waals surface area (Å²) in [6.45, 7) is 0. The molecule has 1 atom stereocenters. The van der Waals surface area contributed by atoms with Crippen LogP contribution in [0, 0.1) is 0 Å². The minimum atomic E-state index is -1.87. The normalized spacial score (nSPS) is 18.7. The van der Waals surface area contributed by atoms with Gasteiger partial charge in [0.1, 0.15) is 17.2 Å². The number of allylic oxidation sites excluding steroid dienone is 1. The first-order chi connectivity index (χ1) is 14.5. The van der Waals surface area contributed by atoms with Gasteiger partial charge in [0.2, 0.25) is 0 Å². The molecule has 1 unspecified atom stereocenters. The zero-order valence-electron chi connectivity index (χ0n) is 16.6. The molecule has 0 radical (unpaired) electrons. The van der Waals surface area contributed by atoms with E-state index in [0.29, 0.717) is 34.1 Å². The number of hydrogen-bond donors (Lipinski definition) is 2. The topological polar surface area (TPSA) is 77.0 Å². The Kier molecular flexibility index (Phi) is 5.16. The Morgan fingerprint density at radius 1 is 0.933 bits per heavy atom. The number of ether oxygens (including phenoxy) is 3. The number of carbonyl (C=O) groups excluding carboxylic acids is 1. The molecule has 1 aliphatic rings. The molecule has 0 fully saturated rings. The van der Waals surface area contributed by atoms with Gasteiger partial charge in [-0.15, -0.1) is 0 Å². The summed E-state index contributed by atoms with van der Waals surface area (Å²) in [7, 11) is 3.13. The summed E-state index contributed by atoms with van der Waals surface area (Å²) in [6, 6.07) is 20.8. The molecule has 1 aliphatic heterocycles. The minimum Gasteiger partial charge on any atom is -0.497 e. The van der Waals surface area contributed by atoms with Gasteiger partial charge in [-0.3, -0.25) is 4.79 Å². The number of ketones is 1. The monoisotopic (exact) mass is 403 g/mol. The maximum absolute atomic E-state index is 12.9. The van der Waals surface area contributed by atoms with Crippen molar-refractivity contribution in [1.29, 1.82) is 0 Å². The Hall–Kier alpha value is -3.77. The number of fused-ring (bicyclic) bond motifs is 1. The predicted octanol–water partition coefficient (Wildman–Crippen LogP) is 4.12. The van der Waals surface area contributed by atoms with Crippen LogP contribution < -0.4 is 19.5 Å². The van der Waals surface area contributed by atoms with Crippen molar-refractivity contribution < 1.29 is 24.1 Å².